The first-order valence-corrected chi connectivity index (χ1v) is 9.18. The van der Waals surface area contributed by atoms with E-state index in [4.69, 9.17) is 14.2 Å². The quantitative estimate of drug-likeness (QED) is 0.608. The smallest absolute Gasteiger partial charge is 0.245 e. The lowest BCUT2D eigenvalue weighted by Gasteiger charge is -2.16. The molecular weight excluding hydrogens is 383 g/mol. The number of alkyl halides is 1. The van der Waals surface area contributed by atoms with Gasteiger partial charge in [0.2, 0.25) is 12.7 Å². The monoisotopic (exact) mass is 404 g/mol. The first-order valence-electron chi connectivity index (χ1n) is 9.18. The summed E-state index contributed by atoms with van der Waals surface area (Å²) < 4.78 is 29.9. The molecule has 154 valence electrons. The summed E-state index contributed by atoms with van der Waals surface area (Å²) in [5, 5.41) is 20.2. The van der Waals surface area contributed by atoms with Gasteiger partial charge in [0.15, 0.2) is 17.4 Å². The van der Waals surface area contributed by atoms with Crippen LogP contribution in [0.5, 0.6) is 11.6 Å². The van der Waals surface area contributed by atoms with Gasteiger partial charge in [0.25, 0.3) is 0 Å². The minimum absolute atomic E-state index is 0.312. The van der Waals surface area contributed by atoms with Crippen LogP contribution >= 0.6 is 0 Å². The second-order valence-electron chi connectivity index (χ2n) is 6.71. The molecule has 0 spiro atoms. The Labute approximate surface area is 165 Å². The molecule has 1 aromatic carbocycles. The lowest BCUT2D eigenvalue weighted by molar-refractivity contribution is -0.0299. The van der Waals surface area contributed by atoms with Gasteiger partial charge in [-0.15, -0.1) is 0 Å². The van der Waals surface area contributed by atoms with Gasteiger partial charge in [0.1, 0.15) is 24.3 Å². The van der Waals surface area contributed by atoms with Crippen LogP contribution in [0.25, 0.3) is 11.2 Å². The van der Waals surface area contributed by atoms with Crippen molar-refractivity contribution in [3.8, 4) is 11.6 Å². The van der Waals surface area contributed by atoms with Crippen LogP contribution in [0.3, 0.4) is 0 Å². The summed E-state index contributed by atoms with van der Waals surface area (Å²) in [7, 11) is 0. The Bertz CT molecular complexity index is 967. The fraction of sp³-hybridized carbons (Fsp3) is 0.421. The molecule has 0 radical (unpaired) electrons. The fourth-order valence-corrected chi connectivity index (χ4v) is 3.26. The van der Waals surface area contributed by atoms with E-state index in [9.17, 15) is 14.6 Å². The summed E-state index contributed by atoms with van der Waals surface area (Å²) in [5.74, 6) is 0.781. The molecule has 29 heavy (non-hydrogen) atoms. The van der Waals surface area contributed by atoms with Gasteiger partial charge in [-0.3, -0.25) is 4.57 Å². The highest BCUT2D eigenvalue weighted by atomic mass is 19.1. The topological polar surface area (TPSA) is 112 Å². The first-order chi connectivity index (χ1) is 14.1. The van der Waals surface area contributed by atoms with Gasteiger partial charge in [-0.1, -0.05) is 12.1 Å². The zero-order valence-corrected chi connectivity index (χ0v) is 15.7. The number of aliphatic hydroxyl groups is 2. The molecule has 4 rings (SSSR count). The minimum Gasteiger partial charge on any atom is -0.476 e. The van der Waals surface area contributed by atoms with Crippen molar-refractivity contribution in [1.29, 1.82) is 0 Å². The molecule has 2 N–H and O–H groups in total. The molecule has 4 atom stereocenters. The molecule has 9 nitrogen and oxygen atoms in total. The van der Waals surface area contributed by atoms with Crippen molar-refractivity contribution in [2.24, 2.45) is 0 Å². The second kappa shape index (κ2) is 8.27. The number of hydrogen-bond donors (Lipinski definition) is 2. The molecular formula is C19H21FN4O5. The van der Waals surface area contributed by atoms with Crippen molar-refractivity contribution < 1.29 is 28.8 Å². The van der Waals surface area contributed by atoms with Gasteiger partial charge >= 0.3 is 0 Å². The number of halogens is 1. The zero-order valence-electron chi connectivity index (χ0n) is 15.7. The van der Waals surface area contributed by atoms with Gasteiger partial charge in [-0.05, 0) is 24.6 Å². The van der Waals surface area contributed by atoms with Crippen LogP contribution in [-0.4, -0.2) is 61.5 Å². The number of imidazole rings is 1. The Morgan fingerprint density at radius 3 is 2.59 bits per heavy atom. The number of aliphatic hydroxyl groups excluding tert-OH is 2. The Morgan fingerprint density at radius 2 is 1.90 bits per heavy atom. The molecule has 0 bridgehead atoms. The van der Waals surface area contributed by atoms with Crippen molar-refractivity contribution >= 4 is 11.2 Å². The molecule has 3 aromatic rings. The van der Waals surface area contributed by atoms with Crippen LogP contribution in [0.2, 0.25) is 0 Å². The van der Waals surface area contributed by atoms with Crippen molar-refractivity contribution in [1.82, 2.24) is 19.5 Å². The van der Waals surface area contributed by atoms with E-state index in [0.29, 0.717) is 35.8 Å². The summed E-state index contributed by atoms with van der Waals surface area (Å²) in [6.45, 7) is 1.17. The van der Waals surface area contributed by atoms with E-state index in [-0.39, 0.29) is 0 Å². The molecule has 1 fully saturated rings. The lowest BCUT2D eigenvalue weighted by atomic mass is 10.1. The number of nitrogens with zero attached hydrogens (tertiary/aromatic N) is 4. The third-order valence-corrected chi connectivity index (χ3v) is 4.85. The van der Waals surface area contributed by atoms with Crippen molar-refractivity contribution in [2.45, 2.75) is 37.9 Å². The van der Waals surface area contributed by atoms with Crippen LogP contribution in [0.4, 0.5) is 4.39 Å². The Kier molecular flexibility index (Phi) is 5.56. The highest BCUT2D eigenvalue weighted by Gasteiger charge is 2.42. The average molecular weight is 404 g/mol. The van der Waals surface area contributed by atoms with E-state index in [0.717, 1.165) is 5.56 Å². The maximum absolute atomic E-state index is 12.2. The van der Waals surface area contributed by atoms with E-state index >= 15 is 0 Å². The average Bonchev–Trinajstić information content (AvgIpc) is 3.26. The van der Waals surface area contributed by atoms with Crippen LogP contribution in [0, 0.1) is 0 Å². The Hall–Kier alpha value is -2.82. The van der Waals surface area contributed by atoms with E-state index in [1.807, 2.05) is 12.1 Å². The SMILES string of the molecule is C[C@H]1O[C@@H](n2cnc3c(OCCc4ccc(OCF)cc4)ncnc32)[C@H](O)[C@@H]1O. The normalized spacial score (nSPS) is 24.1. The number of fused-ring (bicyclic) bond motifs is 1. The van der Waals surface area contributed by atoms with Gasteiger partial charge in [-0.25, -0.2) is 14.4 Å². The first kappa shape index (κ1) is 19.5. The summed E-state index contributed by atoms with van der Waals surface area (Å²) in [5.41, 5.74) is 1.87. The predicted molar refractivity (Wildman–Crippen MR) is 99.2 cm³/mol. The molecule has 10 heteroatoms. The van der Waals surface area contributed by atoms with Gasteiger partial charge in [-0.2, -0.15) is 4.98 Å². The molecule has 0 amide bonds. The minimum atomic E-state index is -1.09. The van der Waals surface area contributed by atoms with E-state index in [1.54, 1.807) is 23.6 Å². The second-order valence-corrected chi connectivity index (χ2v) is 6.71. The van der Waals surface area contributed by atoms with Crippen LogP contribution in [-0.2, 0) is 11.2 Å². The van der Waals surface area contributed by atoms with Gasteiger partial charge < -0.3 is 24.4 Å². The number of hydrogen-bond acceptors (Lipinski definition) is 8. The third kappa shape index (κ3) is 3.86. The maximum atomic E-state index is 12.2. The van der Waals surface area contributed by atoms with Gasteiger partial charge in [0.05, 0.1) is 19.0 Å². The largest absolute Gasteiger partial charge is 0.476 e. The van der Waals surface area contributed by atoms with Crippen LogP contribution in [0.15, 0.2) is 36.9 Å². The summed E-state index contributed by atoms with van der Waals surface area (Å²) >= 11 is 0. The number of ether oxygens (including phenoxy) is 3. The number of benzene rings is 1. The Balaban J connectivity index is 1.45. The van der Waals surface area contributed by atoms with Crippen molar-refractivity contribution in [2.75, 3.05) is 13.5 Å². The van der Waals surface area contributed by atoms with Crippen molar-refractivity contribution in [3.05, 3.63) is 42.5 Å². The van der Waals surface area contributed by atoms with Crippen molar-refractivity contribution in [3.63, 3.8) is 0 Å². The van der Waals surface area contributed by atoms with E-state index < -0.39 is 31.4 Å². The molecule has 1 saturated heterocycles. The molecule has 0 saturated carbocycles. The molecule has 0 unspecified atom stereocenters. The highest BCUT2D eigenvalue weighted by Crippen LogP contribution is 2.32. The highest BCUT2D eigenvalue weighted by molar-refractivity contribution is 5.76. The number of aromatic nitrogens is 4. The molecule has 0 aliphatic carbocycles. The summed E-state index contributed by atoms with van der Waals surface area (Å²) in [6, 6.07) is 7.07. The summed E-state index contributed by atoms with van der Waals surface area (Å²) in [4.78, 5) is 12.7. The van der Waals surface area contributed by atoms with E-state index in [1.165, 1.54) is 12.7 Å². The third-order valence-electron chi connectivity index (χ3n) is 4.85. The molecule has 3 heterocycles. The predicted octanol–water partition coefficient (Wildman–Crippen LogP) is 1.39. The van der Waals surface area contributed by atoms with Crippen LogP contribution < -0.4 is 9.47 Å². The number of rotatable bonds is 7. The standard InChI is InChI=1S/C19H21FN4O5/c1-11-15(25)16(26)19(29-11)24-10-23-14-17(24)21-9-22-18(14)27-7-6-12-2-4-13(5-3-12)28-8-20/h2-5,9-11,15-16,19,25-26H,6-8H2,1H3/t11-,15-,16-,19-/m1/s1. The van der Waals surface area contributed by atoms with Gasteiger partial charge in [0, 0.05) is 6.42 Å². The Morgan fingerprint density at radius 1 is 1.10 bits per heavy atom. The molecule has 2 aromatic heterocycles. The fourth-order valence-electron chi connectivity index (χ4n) is 3.26. The van der Waals surface area contributed by atoms with Crippen LogP contribution in [0.1, 0.15) is 18.7 Å². The molecule has 1 aliphatic rings. The molecule has 1 aliphatic heterocycles. The summed E-state index contributed by atoms with van der Waals surface area (Å²) in [6.07, 6.45) is 0.0532. The van der Waals surface area contributed by atoms with E-state index in [2.05, 4.69) is 15.0 Å². The maximum Gasteiger partial charge on any atom is 0.245 e. The lowest BCUT2D eigenvalue weighted by Crippen LogP contribution is -2.30. The zero-order chi connectivity index (χ0) is 20.4.